The number of hydrogen-bond acceptors (Lipinski definition) is 4. The second-order valence-corrected chi connectivity index (χ2v) is 6.27. The second kappa shape index (κ2) is 16.6. The van der Waals surface area contributed by atoms with E-state index in [9.17, 15) is 9.59 Å². The predicted molar refractivity (Wildman–Crippen MR) is 96.9 cm³/mol. The molecule has 1 atom stereocenters. The molecule has 0 aliphatic carbocycles. The van der Waals surface area contributed by atoms with Gasteiger partial charge in [-0.05, 0) is 26.2 Å². The fourth-order valence-corrected chi connectivity index (χ4v) is 2.37. The molecule has 0 aromatic heterocycles. The lowest BCUT2D eigenvalue weighted by Gasteiger charge is -2.07. The minimum absolute atomic E-state index is 0.185. The van der Waals surface area contributed by atoms with Gasteiger partial charge in [-0.1, -0.05) is 44.4 Å². The monoisotopic (exact) mass is 358 g/mol. The van der Waals surface area contributed by atoms with E-state index in [4.69, 9.17) is 27.5 Å². The van der Waals surface area contributed by atoms with Crippen molar-refractivity contribution < 1.29 is 19.1 Å². The molecule has 0 heterocycles. The number of ether oxygens (including phenoxy) is 2. The first-order chi connectivity index (χ1) is 11.6. The number of hydrogen-bond donors (Lipinski definition) is 0. The Morgan fingerprint density at radius 3 is 2.04 bits per heavy atom. The molecule has 0 saturated carbocycles. The number of rotatable bonds is 15. The van der Waals surface area contributed by atoms with E-state index in [0.29, 0.717) is 13.0 Å². The van der Waals surface area contributed by atoms with Gasteiger partial charge >= 0.3 is 11.9 Å². The zero-order valence-electron chi connectivity index (χ0n) is 14.9. The summed E-state index contributed by atoms with van der Waals surface area (Å²) in [7, 11) is 0. The highest BCUT2D eigenvalue weighted by Gasteiger charge is 2.09. The van der Waals surface area contributed by atoms with Gasteiger partial charge in [-0.25, -0.2) is 0 Å². The van der Waals surface area contributed by atoms with Gasteiger partial charge in [0.25, 0.3) is 0 Å². The van der Waals surface area contributed by atoms with Crippen LogP contribution in [0.3, 0.4) is 0 Å². The van der Waals surface area contributed by atoms with Crippen LogP contribution in [-0.4, -0.2) is 30.5 Å². The Morgan fingerprint density at radius 2 is 1.46 bits per heavy atom. The first-order valence-corrected chi connectivity index (χ1v) is 9.50. The molecule has 0 radical (unpaired) electrons. The molecule has 0 N–H and O–H groups in total. The minimum atomic E-state index is -0.523. The largest absolute Gasteiger partial charge is 0.466 e. The average Bonchev–Trinajstić information content (AvgIpc) is 2.56. The van der Waals surface area contributed by atoms with Crippen molar-refractivity contribution in [2.75, 3.05) is 12.5 Å². The number of carbonyl (C=O) groups is 2. The van der Waals surface area contributed by atoms with Crippen LogP contribution in [-0.2, 0) is 19.1 Å². The summed E-state index contributed by atoms with van der Waals surface area (Å²) in [5, 5.41) is 0. The summed E-state index contributed by atoms with van der Waals surface area (Å²) in [4.78, 5) is 22.9. The first-order valence-electron chi connectivity index (χ1n) is 8.97. The molecule has 138 valence electrons. The van der Waals surface area contributed by atoms with E-state index in [1.54, 1.807) is 6.92 Å². The Balaban J connectivity index is 3.35. The van der Waals surface area contributed by atoms with E-state index in [1.165, 1.54) is 32.1 Å². The van der Waals surface area contributed by atoms with Crippen molar-refractivity contribution in [3.63, 3.8) is 0 Å². The third-order valence-corrected chi connectivity index (χ3v) is 3.86. The van der Waals surface area contributed by atoms with E-state index < -0.39 is 6.10 Å². The van der Waals surface area contributed by atoms with Crippen LogP contribution in [0.25, 0.3) is 0 Å². The molecule has 1 unspecified atom stereocenters. The molecule has 0 aromatic carbocycles. The molecule has 0 aromatic rings. The van der Waals surface area contributed by atoms with E-state index in [1.807, 2.05) is 0 Å². The number of terminal acetylenes is 1. The molecule has 0 saturated heterocycles. The zero-order valence-corrected chi connectivity index (χ0v) is 15.6. The molecule has 24 heavy (non-hydrogen) atoms. The van der Waals surface area contributed by atoms with Crippen LogP contribution in [0.1, 0.15) is 77.6 Å². The van der Waals surface area contributed by atoms with Crippen molar-refractivity contribution in [1.29, 1.82) is 0 Å². The number of unbranched alkanes of at least 4 members (excludes halogenated alkanes) is 7. The van der Waals surface area contributed by atoms with Crippen LogP contribution in [0.15, 0.2) is 0 Å². The molecular formula is C19H31ClO4. The summed E-state index contributed by atoms with van der Waals surface area (Å²) >= 11 is 5.63. The van der Waals surface area contributed by atoms with Gasteiger partial charge in [0, 0.05) is 18.7 Å². The molecular weight excluding hydrogens is 328 g/mol. The topological polar surface area (TPSA) is 52.6 Å². The van der Waals surface area contributed by atoms with Crippen molar-refractivity contribution in [1.82, 2.24) is 0 Å². The van der Waals surface area contributed by atoms with Crippen LogP contribution in [0.5, 0.6) is 0 Å². The van der Waals surface area contributed by atoms with Crippen molar-refractivity contribution in [3.8, 4) is 12.3 Å². The van der Waals surface area contributed by atoms with Crippen LogP contribution >= 0.6 is 11.6 Å². The summed E-state index contributed by atoms with van der Waals surface area (Å²) in [6.45, 7) is 2.09. The summed E-state index contributed by atoms with van der Waals surface area (Å²) in [6, 6.07) is 0. The maximum Gasteiger partial charge on any atom is 0.307 e. The SMILES string of the molecule is C#CC(C)OC(=O)CCCC(=O)OCCCCCCCCCCCl. The molecule has 5 heteroatoms. The van der Waals surface area contributed by atoms with Crippen LogP contribution < -0.4 is 0 Å². The Morgan fingerprint density at radius 1 is 0.917 bits per heavy atom. The Bertz CT molecular complexity index is 376. The molecule has 0 spiro atoms. The Hall–Kier alpha value is -1.21. The number of halogens is 1. The van der Waals surface area contributed by atoms with Gasteiger partial charge in [0.1, 0.15) is 0 Å². The molecule has 0 bridgehead atoms. The lowest BCUT2D eigenvalue weighted by atomic mass is 10.1. The van der Waals surface area contributed by atoms with Crippen molar-refractivity contribution in [2.24, 2.45) is 0 Å². The van der Waals surface area contributed by atoms with Crippen LogP contribution in [0.4, 0.5) is 0 Å². The normalized spacial score (nSPS) is 11.5. The third-order valence-electron chi connectivity index (χ3n) is 3.60. The zero-order chi connectivity index (χ0) is 18.0. The van der Waals surface area contributed by atoms with Gasteiger partial charge in [0.05, 0.1) is 6.61 Å². The summed E-state index contributed by atoms with van der Waals surface area (Å²) < 4.78 is 10.1. The van der Waals surface area contributed by atoms with Gasteiger partial charge < -0.3 is 9.47 Å². The lowest BCUT2D eigenvalue weighted by molar-refractivity contribution is -0.146. The highest BCUT2D eigenvalue weighted by molar-refractivity contribution is 6.17. The van der Waals surface area contributed by atoms with Crippen molar-refractivity contribution >= 4 is 23.5 Å². The highest BCUT2D eigenvalue weighted by Crippen LogP contribution is 2.09. The third kappa shape index (κ3) is 15.7. The maximum absolute atomic E-state index is 11.5. The molecule has 0 aliphatic rings. The number of alkyl halides is 1. The standard InChI is InChI=1S/C19H31ClO4/c1-3-17(2)24-19(22)14-12-13-18(21)23-16-11-9-7-5-4-6-8-10-15-20/h1,17H,4-16H2,2H3. The van der Waals surface area contributed by atoms with Crippen LogP contribution in [0.2, 0.25) is 0 Å². The fraction of sp³-hybridized carbons (Fsp3) is 0.789. The molecule has 0 fully saturated rings. The summed E-state index contributed by atoms with van der Waals surface area (Å²) in [6.07, 6.45) is 14.7. The first kappa shape index (κ1) is 22.8. The van der Waals surface area contributed by atoms with Crippen LogP contribution in [0, 0.1) is 12.3 Å². The van der Waals surface area contributed by atoms with Gasteiger partial charge in [0.15, 0.2) is 6.10 Å². The maximum atomic E-state index is 11.5. The minimum Gasteiger partial charge on any atom is -0.466 e. The quantitative estimate of drug-likeness (QED) is 0.185. The van der Waals surface area contributed by atoms with E-state index in [0.717, 1.165) is 25.1 Å². The van der Waals surface area contributed by atoms with E-state index in [2.05, 4.69) is 5.92 Å². The number of esters is 2. The van der Waals surface area contributed by atoms with Gasteiger partial charge in [-0.15, -0.1) is 18.0 Å². The molecule has 0 aliphatic heterocycles. The lowest BCUT2D eigenvalue weighted by Crippen LogP contribution is -2.13. The number of carbonyl (C=O) groups excluding carboxylic acids is 2. The molecule has 4 nitrogen and oxygen atoms in total. The average molecular weight is 359 g/mol. The van der Waals surface area contributed by atoms with Crippen molar-refractivity contribution in [3.05, 3.63) is 0 Å². The van der Waals surface area contributed by atoms with Gasteiger partial charge in [0.2, 0.25) is 0 Å². The van der Waals surface area contributed by atoms with Gasteiger partial charge in [-0.2, -0.15) is 0 Å². The van der Waals surface area contributed by atoms with Gasteiger partial charge in [-0.3, -0.25) is 9.59 Å². The Kier molecular flexibility index (Phi) is 15.8. The van der Waals surface area contributed by atoms with Crippen molar-refractivity contribution in [2.45, 2.75) is 83.7 Å². The smallest absolute Gasteiger partial charge is 0.307 e. The molecule has 0 amide bonds. The van der Waals surface area contributed by atoms with E-state index in [-0.39, 0.29) is 24.8 Å². The second-order valence-electron chi connectivity index (χ2n) is 5.89. The predicted octanol–water partition coefficient (Wildman–Crippen LogP) is 4.62. The fourth-order valence-electron chi connectivity index (χ4n) is 2.18. The summed E-state index contributed by atoms with van der Waals surface area (Å²) in [5.74, 6) is 2.45. The van der Waals surface area contributed by atoms with E-state index >= 15 is 0 Å². The highest BCUT2D eigenvalue weighted by atomic mass is 35.5. The molecule has 0 rings (SSSR count). The summed E-state index contributed by atoms with van der Waals surface area (Å²) in [5.41, 5.74) is 0. The Labute approximate surface area is 151 Å².